The van der Waals surface area contributed by atoms with Crippen LogP contribution in [0.15, 0.2) is 60.3 Å². The molecule has 9 nitrogen and oxygen atoms in total. The number of nitrogens with one attached hydrogen (secondary N) is 1. The molecule has 0 spiro atoms. The van der Waals surface area contributed by atoms with Crippen LogP contribution in [-0.2, 0) is 19.6 Å². The summed E-state index contributed by atoms with van der Waals surface area (Å²) in [5.74, 6) is -0.621. The number of amides is 2. The van der Waals surface area contributed by atoms with Crippen LogP contribution in [0.2, 0.25) is 0 Å². The van der Waals surface area contributed by atoms with E-state index in [0.29, 0.717) is 37.9 Å². The van der Waals surface area contributed by atoms with E-state index in [0.717, 1.165) is 5.56 Å². The Labute approximate surface area is 204 Å². The smallest absolute Gasteiger partial charge is 0.261 e. The average molecular weight is 497 g/mol. The molecule has 1 N–H and O–H groups in total. The number of benzene rings is 1. The number of hydrogen-bond acceptors (Lipinski definition) is 6. The Balaban J connectivity index is 1.27. The first-order valence-electron chi connectivity index (χ1n) is 11.6. The van der Waals surface area contributed by atoms with E-state index in [1.54, 1.807) is 30.3 Å². The van der Waals surface area contributed by atoms with Crippen LogP contribution in [0, 0.1) is 0 Å². The van der Waals surface area contributed by atoms with Crippen molar-refractivity contribution in [3.8, 4) is 0 Å². The first kappa shape index (κ1) is 24.7. The number of pyridine rings is 1. The van der Waals surface area contributed by atoms with Gasteiger partial charge in [-0.25, -0.2) is 13.4 Å². The van der Waals surface area contributed by atoms with Crippen molar-refractivity contribution in [2.45, 2.75) is 42.8 Å². The van der Waals surface area contributed by atoms with Crippen molar-refractivity contribution in [3.05, 3.63) is 66.4 Å². The van der Waals surface area contributed by atoms with Crippen molar-refractivity contribution in [2.24, 2.45) is 0 Å². The van der Waals surface area contributed by atoms with Gasteiger partial charge in [-0.05, 0) is 49.1 Å². The fourth-order valence-corrected chi connectivity index (χ4v) is 6.17. The number of sulfonamides is 1. The SMILES string of the molecule is C=Cc1ccc(C(=O)NCCCCC(=O)N2CCC3C2C(=O)CN3S(=O)(=O)c2ccccn2)cc1. The Morgan fingerprint density at radius 3 is 2.60 bits per heavy atom. The van der Waals surface area contributed by atoms with E-state index in [-0.39, 0.29) is 35.6 Å². The molecule has 1 aromatic carbocycles. The number of fused-ring (bicyclic) bond motifs is 1. The number of aromatic nitrogens is 1. The summed E-state index contributed by atoms with van der Waals surface area (Å²) >= 11 is 0. The maximum atomic E-state index is 13.0. The molecule has 1 aromatic heterocycles. The van der Waals surface area contributed by atoms with Gasteiger partial charge in [-0.1, -0.05) is 30.9 Å². The summed E-state index contributed by atoms with van der Waals surface area (Å²) in [5.41, 5.74) is 1.49. The number of nitrogens with zero attached hydrogens (tertiary/aromatic N) is 3. The minimum Gasteiger partial charge on any atom is -0.352 e. The number of Topliss-reactive ketones (excluding diaryl/α,β-unsaturated/α-hetero) is 1. The largest absolute Gasteiger partial charge is 0.352 e. The summed E-state index contributed by atoms with van der Waals surface area (Å²) in [6, 6.07) is 10.4. The highest BCUT2D eigenvalue weighted by Gasteiger charge is 2.53. The second-order valence-corrected chi connectivity index (χ2v) is 10.4. The molecule has 0 bridgehead atoms. The third-order valence-electron chi connectivity index (χ3n) is 6.42. The molecule has 0 saturated carbocycles. The zero-order chi connectivity index (χ0) is 25.0. The van der Waals surface area contributed by atoms with Crippen LogP contribution < -0.4 is 5.32 Å². The van der Waals surface area contributed by atoms with Crippen LogP contribution in [0.1, 0.15) is 41.6 Å². The summed E-state index contributed by atoms with van der Waals surface area (Å²) in [6.07, 6.45) is 4.90. The first-order chi connectivity index (χ1) is 16.8. The molecule has 2 aliphatic heterocycles. The van der Waals surface area contributed by atoms with Crippen molar-refractivity contribution in [3.63, 3.8) is 0 Å². The van der Waals surface area contributed by atoms with Crippen molar-refractivity contribution < 1.29 is 22.8 Å². The zero-order valence-corrected chi connectivity index (χ0v) is 20.1. The van der Waals surface area contributed by atoms with Gasteiger partial charge in [0.15, 0.2) is 10.8 Å². The van der Waals surface area contributed by atoms with Gasteiger partial charge in [-0.15, -0.1) is 0 Å². The van der Waals surface area contributed by atoms with Gasteiger partial charge in [0.05, 0.1) is 12.6 Å². The molecule has 0 aliphatic carbocycles. The molecular formula is C25H28N4O5S. The molecule has 184 valence electrons. The highest BCUT2D eigenvalue weighted by molar-refractivity contribution is 7.89. The maximum Gasteiger partial charge on any atom is 0.261 e. The lowest BCUT2D eigenvalue weighted by molar-refractivity contribution is -0.136. The molecular weight excluding hydrogens is 468 g/mol. The van der Waals surface area contributed by atoms with Crippen molar-refractivity contribution in [2.75, 3.05) is 19.6 Å². The van der Waals surface area contributed by atoms with Gasteiger partial charge < -0.3 is 10.2 Å². The topological polar surface area (TPSA) is 117 Å². The Bertz CT molecular complexity index is 1210. The summed E-state index contributed by atoms with van der Waals surface area (Å²) < 4.78 is 27.2. The lowest BCUT2D eigenvalue weighted by atomic mass is 10.1. The summed E-state index contributed by atoms with van der Waals surface area (Å²) in [4.78, 5) is 43.2. The second kappa shape index (κ2) is 10.5. The predicted octanol–water partition coefficient (Wildman–Crippen LogP) is 1.87. The van der Waals surface area contributed by atoms with Crippen LogP contribution in [0.25, 0.3) is 6.08 Å². The molecule has 4 rings (SSSR count). The quantitative estimate of drug-likeness (QED) is 0.530. The fraction of sp³-hybridized carbons (Fsp3) is 0.360. The minimum absolute atomic E-state index is 0.100. The highest BCUT2D eigenvalue weighted by atomic mass is 32.2. The molecule has 2 fully saturated rings. The average Bonchev–Trinajstić information content (AvgIpc) is 3.45. The Morgan fingerprint density at radius 1 is 1.14 bits per heavy atom. The molecule has 3 heterocycles. The van der Waals surface area contributed by atoms with E-state index >= 15 is 0 Å². The maximum absolute atomic E-state index is 13.0. The minimum atomic E-state index is -3.92. The van der Waals surface area contributed by atoms with Gasteiger partial charge in [0.25, 0.3) is 15.9 Å². The lowest BCUT2D eigenvalue weighted by Gasteiger charge is -2.24. The van der Waals surface area contributed by atoms with Crippen molar-refractivity contribution >= 4 is 33.7 Å². The van der Waals surface area contributed by atoms with E-state index in [1.165, 1.54) is 21.5 Å². The lowest BCUT2D eigenvalue weighted by Crippen LogP contribution is -2.43. The van der Waals surface area contributed by atoms with E-state index in [2.05, 4.69) is 16.9 Å². The number of carbonyl (C=O) groups is 3. The highest BCUT2D eigenvalue weighted by Crippen LogP contribution is 2.33. The molecule has 10 heteroatoms. The van der Waals surface area contributed by atoms with Crippen LogP contribution in [0.5, 0.6) is 0 Å². The molecule has 2 aromatic rings. The number of hydrogen-bond donors (Lipinski definition) is 1. The van der Waals surface area contributed by atoms with Gasteiger partial charge in [0.2, 0.25) is 5.91 Å². The fourth-order valence-electron chi connectivity index (χ4n) is 4.61. The van der Waals surface area contributed by atoms with E-state index in [4.69, 9.17) is 0 Å². The number of rotatable bonds is 9. The van der Waals surface area contributed by atoms with Crippen molar-refractivity contribution in [1.29, 1.82) is 0 Å². The Hall–Kier alpha value is -3.37. The van der Waals surface area contributed by atoms with Crippen LogP contribution in [0.3, 0.4) is 0 Å². The standard InChI is InChI=1S/C25H28N4O5S/c1-2-18-9-11-19(12-10-18)25(32)27-15-6-4-8-23(31)28-16-13-20-24(28)21(30)17-29(20)35(33,34)22-7-3-5-14-26-22/h2-3,5,7,9-12,14,20,24H,1,4,6,8,13,15-17H2,(H,27,32). The second-order valence-electron chi connectivity index (χ2n) is 8.61. The van der Waals surface area contributed by atoms with Gasteiger partial charge in [-0.2, -0.15) is 4.31 Å². The zero-order valence-electron chi connectivity index (χ0n) is 19.3. The van der Waals surface area contributed by atoms with Gasteiger partial charge in [0.1, 0.15) is 6.04 Å². The number of carbonyl (C=O) groups excluding carboxylic acids is 3. The Kier molecular flexibility index (Phi) is 7.42. The van der Waals surface area contributed by atoms with E-state index < -0.39 is 22.1 Å². The summed E-state index contributed by atoms with van der Waals surface area (Å²) in [5, 5.41) is 2.74. The van der Waals surface area contributed by atoms with Crippen LogP contribution >= 0.6 is 0 Å². The van der Waals surface area contributed by atoms with Crippen LogP contribution in [0.4, 0.5) is 0 Å². The van der Waals surface area contributed by atoms with Crippen LogP contribution in [-0.4, -0.2) is 71.9 Å². The molecule has 2 atom stereocenters. The third-order valence-corrected chi connectivity index (χ3v) is 8.21. The van der Waals surface area contributed by atoms with Crippen molar-refractivity contribution in [1.82, 2.24) is 19.5 Å². The molecule has 2 unspecified atom stereocenters. The van der Waals surface area contributed by atoms with Gasteiger partial charge >= 0.3 is 0 Å². The van der Waals surface area contributed by atoms with E-state index in [1.807, 2.05) is 12.1 Å². The van der Waals surface area contributed by atoms with E-state index in [9.17, 15) is 22.8 Å². The normalized spacial score (nSPS) is 20.0. The van der Waals surface area contributed by atoms with Gasteiger partial charge in [0, 0.05) is 31.3 Å². The predicted molar refractivity (Wildman–Crippen MR) is 130 cm³/mol. The Morgan fingerprint density at radius 2 is 1.91 bits per heavy atom. The molecule has 0 radical (unpaired) electrons. The van der Waals surface area contributed by atoms with Gasteiger partial charge in [-0.3, -0.25) is 14.4 Å². The molecule has 2 amide bonds. The first-order valence-corrected chi connectivity index (χ1v) is 13.0. The molecule has 35 heavy (non-hydrogen) atoms. The number of unbranched alkanes of at least 4 members (excludes halogenated alkanes) is 1. The summed E-state index contributed by atoms with van der Waals surface area (Å²) in [6.45, 7) is 4.20. The molecule has 2 saturated heterocycles. The monoisotopic (exact) mass is 496 g/mol. The third kappa shape index (κ3) is 5.18. The number of likely N-dealkylation sites (tertiary alicyclic amines) is 1. The number of ketones is 1. The summed E-state index contributed by atoms with van der Waals surface area (Å²) in [7, 11) is -3.92. The molecule has 2 aliphatic rings.